The highest BCUT2D eigenvalue weighted by Gasteiger charge is 2.25. The third kappa shape index (κ3) is 5.37. The first-order valence-corrected chi connectivity index (χ1v) is 21.9. The highest BCUT2D eigenvalue weighted by Crippen LogP contribution is 2.49. The highest BCUT2D eigenvalue weighted by molar-refractivity contribution is 7.25. The van der Waals surface area contributed by atoms with Crippen LogP contribution >= 0.6 is 11.3 Å². The molecule has 0 aliphatic rings. The molecule has 3 aromatic heterocycles. The van der Waals surface area contributed by atoms with Gasteiger partial charge in [0, 0.05) is 64.0 Å². The lowest BCUT2D eigenvalue weighted by Gasteiger charge is -2.29. The fourth-order valence-corrected chi connectivity index (χ4v) is 10.9. The largest absolute Gasteiger partial charge is 0.455 e. The summed E-state index contributed by atoms with van der Waals surface area (Å²) < 4.78 is 12.0. The number of hydrogen-bond acceptors (Lipinski definition) is 3. The molecule has 3 heterocycles. The van der Waals surface area contributed by atoms with Crippen molar-refractivity contribution in [2.75, 3.05) is 4.90 Å². The van der Waals surface area contributed by atoms with E-state index in [1.165, 1.54) is 58.3 Å². The molecule has 0 atom stereocenters. The van der Waals surface area contributed by atoms with Gasteiger partial charge in [-0.2, -0.15) is 0 Å². The van der Waals surface area contributed by atoms with Crippen LogP contribution in [0.2, 0.25) is 0 Å². The van der Waals surface area contributed by atoms with Crippen LogP contribution in [0.25, 0.3) is 103 Å². The second kappa shape index (κ2) is 13.8. The van der Waals surface area contributed by atoms with Crippen LogP contribution in [0.5, 0.6) is 0 Å². The number of fused-ring (bicyclic) bond motifs is 10. The van der Waals surface area contributed by atoms with Gasteiger partial charge >= 0.3 is 0 Å². The van der Waals surface area contributed by atoms with Crippen molar-refractivity contribution in [3.05, 3.63) is 218 Å². The van der Waals surface area contributed by atoms with Crippen LogP contribution in [-0.2, 0) is 0 Å². The van der Waals surface area contributed by atoms with E-state index in [9.17, 15) is 0 Å². The lowest BCUT2D eigenvalue weighted by molar-refractivity contribution is 0.670. The van der Waals surface area contributed by atoms with Gasteiger partial charge in [-0.1, -0.05) is 140 Å². The number of benzene rings is 10. The van der Waals surface area contributed by atoms with Gasteiger partial charge in [0.15, 0.2) is 0 Å². The fraction of sp³-hybridized carbons (Fsp3) is 0. The zero-order chi connectivity index (χ0) is 40.7. The van der Waals surface area contributed by atoms with E-state index in [0.29, 0.717) is 0 Å². The summed E-state index contributed by atoms with van der Waals surface area (Å²) in [5, 5.41) is 9.61. The Morgan fingerprint density at radius 3 is 1.89 bits per heavy atom. The quantitative estimate of drug-likeness (QED) is 0.167. The third-order valence-corrected chi connectivity index (χ3v) is 13.7. The summed E-state index contributed by atoms with van der Waals surface area (Å²) in [6.07, 6.45) is 0. The van der Waals surface area contributed by atoms with E-state index < -0.39 is 0 Å². The van der Waals surface area contributed by atoms with Crippen molar-refractivity contribution in [3.63, 3.8) is 0 Å². The Kier molecular flexibility index (Phi) is 7.78. The van der Waals surface area contributed by atoms with E-state index in [0.717, 1.165) is 61.4 Å². The standard InChI is InChI=1S/C58H36N2OS/c1-2-20-43-37(14-1)15-13-27-50(43)60(41-18-11-16-38(34-41)39-30-33-56-49(36-39)47-24-6-10-29-55(47)62-56)53-32-31-48-46-23-5-9-28-54(46)61-58(48)57(53)40-17-12-19-42(35-40)59-51-25-7-3-21-44(51)45-22-4-8-26-52(45)59/h1-36H. The maximum Gasteiger partial charge on any atom is 0.145 e. The molecule has 290 valence electrons. The number of nitrogens with zero attached hydrogens (tertiary/aromatic N) is 2. The molecule has 10 aromatic carbocycles. The van der Waals surface area contributed by atoms with Crippen molar-refractivity contribution in [3.8, 4) is 27.9 Å². The molecule has 0 amide bonds. The molecular formula is C58H36N2OS. The van der Waals surface area contributed by atoms with E-state index in [-0.39, 0.29) is 0 Å². The predicted molar refractivity (Wildman–Crippen MR) is 264 cm³/mol. The van der Waals surface area contributed by atoms with Crippen LogP contribution in [0.3, 0.4) is 0 Å². The molecule has 13 rings (SSSR count). The van der Waals surface area contributed by atoms with E-state index >= 15 is 0 Å². The molecule has 0 spiro atoms. The molecule has 0 unspecified atom stereocenters. The summed E-state index contributed by atoms with van der Waals surface area (Å²) in [6.45, 7) is 0. The molecule has 0 aliphatic carbocycles. The Labute approximate surface area is 361 Å². The first-order valence-electron chi connectivity index (χ1n) is 21.1. The Hall–Kier alpha value is -7.92. The zero-order valence-corrected chi connectivity index (χ0v) is 34.3. The van der Waals surface area contributed by atoms with Crippen molar-refractivity contribution in [2.24, 2.45) is 0 Å². The number of anilines is 3. The van der Waals surface area contributed by atoms with Crippen molar-refractivity contribution >= 4 is 103 Å². The molecule has 0 aliphatic heterocycles. The fourth-order valence-electron chi connectivity index (χ4n) is 9.79. The van der Waals surface area contributed by atoms with Gasteiger partial charge in [0.1, 0.15) is 11.2 Å². The second-order valence-electron chi connectivity index (χ2n) is 16.0. The SMILES string of the molecule is c1cc(-c2ccc3sc4ccccc4c3c2)cc(N(c2ccc3c(oc4ccccc43)c2-c2cccc(-n3c4ccccc4c4ccccc43)c2)c2cccc3ccccc23)c1. The van der Waals surface area contributed by atoms with E-state index in [1.807, 2.05) is 11.3 Å². The Bertz CT molecular complexity index is 3850. The van der Waals surface area contributed by atoms with Crippen LogP contribution in [0, 0.1) is 0 Å². The molecule has 0 saturated carbocycles. The number of furan rings is 1. The second-order valence-corrected chi connectivity index (χ2v) is 17.1. The van der Waals surface area contributed by atoms with Crippen molar-refractivity contribution in [2.45, 2.75) is 0 Å². The van der Waals surface area contributed by atoms with Gasteiger partial charge in [-0.3, -0.25) is 0 Å². The van der Waals surface area contributed by atoms with Crippen molar-refractivity contribution in [1.82, 2.24) is 4.57 Å². The number of para-hydroxylation sites is 3. The molecule has 62 heavy (non-hydrogen) atoms. The van der Waals surface area contributed by atoms with E-state index in [4.69, 9.17) is 4.42 Å². The van der Waals surface area contributed by atoms with Gasteiger partial charge < -0.3 is 13.9 Å². The molecule has 0 radical (unpaired) electrons. The maximum absolute atomic E-state index is 6.99. The normalized spacial score (nSPS) is 11.9. The van der Waals surface area contributed by atoms with Crippen LogP contribution in [0.4, 0.5) is 17.1 Å². The van der Waals surface area contributed by atoms with Gasteiger partial charge in [-0.05, 0) is 101 Å². The van der Waals surface area contributed by atoms with Gasteiger partial charge in [-0.25, -0.2) is 0 Å². The van der Waals surface area contributed by atoms with Gasteiger partial charge in [-0.15, -0.1) is 11.3 Å². The summed E-state index contributed by atoms with van der Waals surface area (Å²) in [5.41, 5.74) is 12.8. The predicted octanol–water partition coefficient (Wildman–Crippen LogP) is 17.0. The third-order valence-electron chi connectivity index (χ3n) is 12.6. The van der Waals surface area contributed by atoms with Crippen LogP contribution in [0.15, 0.2) is 223 Å². The molecule has 3 nitrogen and oxygen atoms in total. The molecule has 4 heteroatoms. The number of thiophene rings is 1. The summed E-state index contributed by atoms with van der Waals surface area (Å²) in [6, 6.07) is 79.3. The first-order chi connectivity index (χ1) is 30.7. The summed E-state index contributed by atoms with van der Waals surface area (Å²) in [5.74, 6) is 0. The van der Waals surface area contributed by atoms with Crippen LogP contribution < -0.4 is 4.90 Å². The topological polar surface area (TPSA) is 21.3 Å². The molecule has 0 fully saturated rings. The summed E-state index contributed by atoms with van der Waals surface area (Å²) in [4.78, 5) is 2.44. The van der Waals surface area contributed by atoms with E-state index in [1.54, 1.807) is 0 Å². The smallest absolute Gasteiger partial charge is 0.145 e. The Morgan fingerprint density at radius 2 is 1.03 bits per heavy atom. The average molecular weight is 809 g/mol. The van der Waals surface area contributed by atoms with Crippen molar-refractivity contribution < 1.29 is 4.42 Å². The minimum atomic E-state index is 0.860. The molecule has 0 bridgehead atoms. The number of rotatable bonds is 6. The minimum Gasteiger partial charge on any atom is -0.455 e. The molecule has 13 aromatic rings. The maximum atomic E-state index is 6.99. The summed E-state index contributed by atoms with van der Waals surface area (Å²) >= 11 is 1.85. The molecule has 0 N–H and O–H groups in total. The zero-order valence-electron chi connectivity index (χ0n) is 33.5. The van der Waals surface area contributed by atoms with E-state index in [2.05, 4.69) is 228 Å². The molecular weight excluding hydrogens is 773 g/mol. The average Bonchev–Trinajstić information content (AvgIpc) is 4.01. The lowest BCUT2D eigenvalue weighted by atomic mass is 9.96. The van der Waals surface area contributed by atoms with Gasteiger partial charge in [0.2, 0.25) is 0 Å². The van der Waals surface area contributed by atoms with Crippen LogP contribution in [0.1, 0.15) is 0 Å². The number of hydrogen-bond donors (Lipinski definition) is 0. The number of aromatic nitrogens is 1. The molecule has 0 saturated heterocycles. The monoisotopic (exact) mass is 808 g/mol. The lowest BCUT2D eigenvalue weighted by Crippen LogP contribution is -2.12. The van der Waals surface area contributed by atoms with Crippen molar-refractivity contribution in [1.29, 1.82) is 0 Å². The minimum absolute atomic E-state index is 0.860. The van der Waals surface area contributed by atoms with Gasteiger partial charge in [0.05, 0.1) is 22.4 Å². The summed E-state index contributed by atoms with van der Waals surface area (Å²) in [7, 11) is 0. The highest BCUT2D eigenvalue weighted by atomic mass is 32.1. The Morgan fingerprint density at radius 1 is 0.387 bits per heavy atom. The first kappa shape index (κ1) is 34.9. The van der Waals surface area contributed by atoms with Crippen LogP contribution in [-0.4, -0.2) is 4.57 Å². The Balaban J connectivity index is 1.08. The van der Waals surface area contributed by atoms with Gasteiger partial charge in [0.25, 0.3) is 0 Å².